The topological polar surface area (TPSA) is 75.2 Å². The van der Waals surface area contributed by atoms with E-state index in [0.717, 1.165) is 5.56 Å². The number of hydrogen-bond acceptors (Lipinski definition) is 5. The number of rotatable bonds is 4. The van der Waals surface area contributed by atoms with Gasteiger partial charge in [0.25, 0.3) is 0 Å². The zero-order valence-electron chi connectivity index (χ0n) is 13.6. The van der Waals surface area contributed by atoms with Crippen LogP contribution >= 0.6 is 0 Å². The number of pyridine rings is 1. The van der Waals surface area contributed by atoms with Crippen molar-refractivity contribution in [2.24, 2.45) is 0 Å². The normalized spacial score (nSPS) is 20.7. The van der Waals surface area contributed by atoms with Gasteiger partial charge in [-0.2, -0.15) is 5.10 Å². The lowest BCUT2D eigenvalue weighted by atomic mass is 10.1. The Balaban J connectivity index is 1.67. The minimum Gasteiger partial charge on any atom is -0.472 e. The predicted molar refractivity (Wildman–Crippen MR) is 92.1 cm³/mol. The lowest BCUT2D eigenvalue weighted by molar-refractivity contribution is 0.00512. The van der Waals surface area contributed by atoms with Crippen molar-refractivity contribution in [2.45, 2.75) is 25.2 Å². The summed E-state index contributed by atoms with van der Waals surface area (Å²) in [5.74, 6) is 0.682. The van der Waals surface area contributed by atoms with Gasteiger partial charge in [-0.25, -0.2) is 9.37 Å². The number of aromatic nitrogens is 3. The van der Waals surface area contributed by atoms with Crippen molar-refractivity contribution in [1.29, 1.82) is 0 Å². The quantitative estimate of drug-likeness (QED) is 0.789. The van der Waals surface area contributed by atoms with E-state index in [1.165, 1.54) is 0 Å². The molecule has 3 heterocycles. The van der Waals surface area contributed by atoms with Gasteiger partial charge in [0.05, 0.1) is 12.1 Å². The summed E-state index contributed by atoms with van der Waals surface area (Å²) in [4.78, 5) is 4.28. The maximum Gasteiger partial charge on any atom is 0.227 e. The van der Waals surface area contributed by atoms with Crippen molar-refractivity contribution in [3.63, 3.8) is 0 Å². The summed E-state index contributed by atoms with van der Waals surface area (Å²) in [5, 5.41) is 4.94. The molecule has 25 heavy (non-hydrogen) atoms. The van der Waals surface area contributed by atoms with Gasteiger partial charge in [0, 0.05) is 19.2 Å². The number of nitrogen functional groups attached to an aromatic ring is 1. The van der Waals surface area contributed by atoms with E-state index in [1.54, 1.807) is 16.9 Å². The Bertz CT molecular complexity index is 868. The summed E-state index contributed by atoms with van der Waals surface area (Å²) >= 11 is 0. The van der Waals surface area contributed by atoms with Crippen LogP contribution in [-0.4, -0.2) is 34.1 Å². The van der Waals surface area contributed by atoms with Gasteiger partial charge < -0.3 is 15.2 Å². The summed E-state index contributed by atoms with van der Waals surface area (Å²) in [6, 6.07) is 11.1. The maximum atomic E-state index is 14.3. The number of alkyl halides is 1. The van der Waals surface area contributed by atoms with Crippen LogP contribution in [0.25, 0.3) is 10.9 Å². The fraction of sp³-hybridized carbons (Fsp3) is 0.333. The second-order valence-corrected chi connectivity index (χ2v) is 6.06. The Morgan fingerprint density at radius 2 is 2.12 bits per heavy atom. The number of nitrogens with two attached hydrogens (primary N) is 1. The predicted octanol–water partition coefficient (Wildman–Crippen LogP) is 2.89. The fourth-order valence-electron chi connectivity index (χ4n) is 3.09. The highest BCUT2D eigenvalue weighted by Gasteiger charge is 2.30. The van der Waals surface area contributed by atoms with Crippen LogP contribution in [0.15, 0.2) is 42.6 Å². The Morgan fingerprint density at radius 1 is 1.28 bits per heavy atom. The third-order valence-electron chi connectivity index (χ3n) is 4.39. The van der Waals surface area contributed by atoms with Crippen LogP contribution in [-0.2, 0) is 11.3 Å². The van der Waals surface area contributed by atoms with Crippen molar-refractivity contribution in [1.82, 2.24) is 14.8 Å². The highest BCUT2D eigenvalue weighted by atomic mass is 19.1. The molecule has 2 atom stereocenters. The van der Waals surface area contributed by atoms with Gasteiger partial charge in [0.15, 0.2) is 5.82 Å². The molecule has 1 aliphatic heterocycles. The van der Waals surface area contributed by atoms with E-state index >= 15 is 0 Å². The second-order valence-electron chi connectivity index (χ2n) is 6.06. The van der Waals surface area contributed by atoms with E-state index in [1.807, 2.05) is 30.3 Å². The molecule has 6 nitrogen and oxygen atoms in total. The van der Waals surface area contributed by atoms with Gasteiger partial charge in [-0.1, -0.05) is 30.3 Å². The molecule has 3 aromatic rings. The second kappa shape index (κ2) is 6.68. The van der Waals surface area contributed by atoms with Crippen molar-refractivity contribution in [3.8, 4) is 5.88 Å². The zero-order valence-corrected chi connectivity index (χ0v) is 13.6. The standard InChI is InChI=1S/C18H19FN4O2/c19-13-7-9-24-11-15(13)23-14-6-8-21-18(16(14)17(20)22-23)25-10-12-4-2-1-3-5-12/h1-6,8,13,15H,7,9-11H2,(H2,20,22). The molecular weight excluding hydrogens is 323 g/mol. The Morgan fingerprint density at radius 3 is 2.92 bits per heavy atom. The van der Waals surface area contributed by atoms with E-state index in [4.69, 9.17) is 15.2 Å². The first kappa shape index (κ1) is 15.8. The molecule has 0 bridgehead atoms. The highest BCUT2D eigenvalue weighted by molar-refractivity contribution is 5.93. The Labute approximate surface area is 144 Å². The number of anilines is 1. The van der Waals surface area contributed by atoms with E-state index < -0.39 is 12.2 Å². The largest absolute Gasteiger partial charge is 0.472 e. The van der Waals surface area contributed by atoms with Crippen molar-refractivity contribution in [2.75, 3.05) is 18.9 Å². The first-order valence-electron chi connectivity index (χ1n) is 8.25. The molecule has 130 valence electrons. The molecule has 0 radical (unpaired) electrons. The first-order chi connectivity index (χ1) is 12.2. The first-order valence-corrected chi connectivity index (χ1v) is 8.25. The summed E-state index contributed by atoms with van der Waals surface area (Å²) in [7, 11) is 0. The maximum absolute atomic E-state index is 14.3. The van der Waals surface area contributed by atoms with Gasteiger partial charge in [-0.3, -0.25) is 4.68 Å². The monoisotopic (exact) mass is 342 g/mol. The molecule has 7 heteroatoms. The molecular formula is C18H19FN4O2. The van der Waals surface area contributed by atoms with Crippen LogP contribution in [0, 0.1) is 0 Å². The molecule has 0 saturated carbocycles. The van der Waals surface area contributed by atoms with E-state index in [9.17, 15) is 4.39 Å². The molecule has 0 spiro atoms. The number of halogens is 1. The van der Waals surface area contributed by atoms with Crippen LogP contribution in [0.4, 0.5) is 10.2 Å². The minimum atomic E-state index is -1.02. The lowest BCUT2D eigenvalue weighted by Gasteiger charge is -2.26. The highest BCUT2D eigenvalue weighted by Crippen LogP contribution is 2.33. The molecule has 2 N–H and O–H groups in total. The third-order valence-corrected chi connectivity index (χ3v) is 4.39. The van der Waals surface area contributed by atoms with Crippen molar-refractivity contribution in [3.05, 3.63) is 48.2 Å². The van der Waals surface area contributed by atoms with E-state index in [-0.39, 0.29) is 12.4 Å². The third kappa shape index (κ3) is 3.02. The van der Waals surface area contributed by atoms with Crippen molar-refractivity contribution >= 4 is 16.7 Å². The Hall–Kier alpha value is -2.67. The molecule has 1 saturated heterocycles. The van der Waals surface area contributed by atoms with Gasteiger partial charge in [0.1, 0.15) is 24.2 Å². The smallest absolute Gasteiger partial charge is 0.227 e. The molecule has 0 amide bonds. The van der Waals surface area contributed by atoms with Crippen LogP contribution in [0.5, 0.6) is 5.88 Å². The molecule has 1 fully saturated rings. The molecule has 2 aromatic heterocycles. The summed E-state index contributed by atoms with van der Waals surface area (Å²) in [6.07, 6.45) is 0.962. The minimum absolute atomic E-state index is 0.278. The molecule has 1 aliphatic rings. The summed E-state index contributed by atoms with van der Waals surface area (Å²) in [6.45, 7) is 1.08. The number of ether oxygens (including phenoxy) is 2. The van der Waals surface area contributed by atoms with E-state index in [2.05, 4.69) is 10.1 Å². The van der Waals surface area contributed by atoms with Gasteiger partial charge >= 0.3 is 0 Å². The lowest BCUT2D eigenvalue weighted by Crippen LogP contribution is -2.32. The number of hydrogen-bond donors (Lipinski definition) is 1. The molecule has 4 rings (SSSR count). The molecule has 2 unspecified atom stereocenters. The van der Waals surface area contributed by atoms with Crippen LogP contribution in [0.3, 0.4) is 0 Å². The summed E-state index contributed by atoms with van der Waals surface area (Å²) in [5.41, 5.74) is 7.81. The van der Waals surface area contributed by atoms with Crippen LogP contribution < -0.4 is 10.5 Å². The molecule has 1 aromatic carbocycles. The van der Waals surface area contributed by atoms with E-state index in [0.29, 0.717) is 36.4 Å². The van der Waals surface area contributed by atoms with Gasteiger partial charge in [-0.15, -0.1) is 0 Å². The fourth-order valence-corrected chi connectivity index (χ4v) is 3.09. The van der Waals surface area contributed by atoms with Crippen molar-refractivity contribution < 1.29 is 13.9 Å². The van der Waals surface area contributed by atoms with Gasteiger partial charge in [-0.05, 0) is 11.6 Å². The number of fused-ring (bicyclic) bond motifs is 1. The average Bonchev–Trinajstić information content (AvgIpc) is 2.99. The number of nitrogens with zero attached hydrogens (tertiary/aromatic N) is 3. The van der Waals surface area contributed by atoms with Gasteiger partial charge in [0.2, 0.25) is 5.88 Å². The van der Waals surface area contributed by atoms with Crippen LogP contribution in [0.1, 0.15) is 18.0 Å². The summed E-state index contributed by atoms with van der Waals surface area (Å²) < 4.78 is 27.2. The Kier molecular flexibility index (Phi) is 4.23. The molecule has 0 aliphatic carbocycles. The SMILES string of the molecule is Nc1nn(C2COCCC2F)c2ccnc(OCc3ccccc3)c12. The average molecular weight is 342 g/mol. The van der Waals surface area contributed by atoms with Crippen LogP contribution in [0.2, 0.25) is 0 Å². The number of benzene rings is 1. The zero-order chi connectivity index (χ0) is 17.2.